The Morgan fingerprint density at radius 3 is 2.50 bits per heavy atom. The number of rotatable bonds is 9. The van der Waals surface area contributed by atoms with Gasteiger partial charge in [0, 0.05) is 24.5 Å². The summed E-state index contributed by atoms with van der Waals surface area (Å²) >= 11 is 0. The first kappa shape index (κ1) is 22.7. The third-order valence-corrected chi connectivity index (χ3v) is 6.49. The molecule has 0 saturated carbocycles. The first-order valence-corrected chi connectivity index (χ1v) is 11.6. The van der Waals surface area contributed by atoms with Gasteiger partial charge >= 0.3 is 0 Å². The van der Waals surface area contributed by atoms with Crippen molar-refractivity contribution in [1.29, 1.82) is 0 Å². The molecule has 30 heavy (non-hydrogen) atoms. The van der Waals surface area contributed by atoms with Gasteiger partial charge in [0.2, 0.25) is 0 Å². The Kier molecular flexibility index (Phi) is 8.27. The number of hydrogen-bond donors (Lipinski definition) is 1. The molecule has 3 nitrogen and oxygen atoms in total. The largest absolute Gasteiger partial charge is 0.467 e. The summed E-state index contributed by atoms with van der Waals surface area (Å²) in [6.07, 6.45) is 10.9. The number of nitrogens with one attached hydrogen (secondary N) is 1. The Bertz CT molecular complexity index is 883. The number of para-hydroxylation sites is 1. The van der Waals surface area contributed by atoms with Gasteiger partial charge in [-0.2, -0.15) is 0 Å². The predicted molar refractivity (Wildman–Crippen MR) is 130 cm³/mol. The Morgan fingerprint density at radius 2 is 1.77 bits per heavy atom. The van der Waals surface area contributed by atoms with Gasteiger partial charge in [0.1, 0.15) is 5.75 Å². The molecule has 0 spiro atoms. The van der Waals surface area contributed by atoms with Gasteiger partial charge in [-0.05, 0) is 56.0 Å². The quantitative estimate of drug-likeness (QED) is 0.461. The lowest BCUT2D eigenvalue weighted by atomic mass is 9.93. The third-order valence-electron chi connectivity index (χ3n) is 5.06. The van der Waals surface area contributed by atoms with Crippen LogP contribution in [0.2, 0.25) is 0 Å². The van der Waals surface area contributed by atoms with E-state index in [1.165, 1.54) is 21.7 Å². The monoisotopic (exact) mass is 423 g/mol. The lowest BCUT2D eigenvalue weighted by Gasteiger charge is -2.22. The van der Waals surface area contributed by atoms with Gasteiger partial charge in [0.25, 0.3) is 0 Å². The number of benzene rings is 2. The van der Waals surface area contributed by atoms with Gasteiger partial charge in [0.15, 0.2) is 6.79 Å². The topological polar surface area (TPSA) is 30.5 Å². The van der Waals surface area contributed by atoms with Crippen molar-refractivity contribution >= 4 is 19.2 Å². The van der Waals surface area contributed by atoms with E-state index in [0.717, 1.165) is 25.1 Å². The maximum Gasteiger partial charge on any atom is 0.188 e. The second-order valence-corrected chi connectivity index (χ2v) is 10.1. The Morgan fingerprint density at radius 1 is 1.00 bits per heavy atom. The summed E-state index contributed by atoms with van der Waals surface area (Å²) in [5.41, 5.74) is 2.69. The van der Waals surface area contributed by atoms with Crippen molar-refractivity contribution in [2.75, 3.05) is 13.9 Å². The third kappa shape index (κ3) is 6.80. The van der Waals surface area contributed by atoms with Crippen molar-refractivity contribution in [3.05, 3.63) is 77.9 Å². The van der Waals surface area contributed by atoms with Crippen molar-refractivity contribution in [1.82, 2.24) is 5.32 Å². The zero-order chi connectivity index (χ0) is 21.4. The standard InChI is InChI=1S/C26H34NO2P/c1-26(2,3)27-18-22-13-8-9-15-23(22)30-24-16-10-14-21(25(24)29-19-28-4)17-20-11-6-5-7-12-20/h5-11,13-16,20,27,30H,12,17-19H2,1-4H3. The van der Waals surface area contributed by atoms with Crippen LogP contribution in [0, 0.1) is 5.92 Å². The van der Waals surface area contributed by atoms with E-state index in [0.29, 0.717) is 14.5 Å². The minimum absolute atomic E-state index is 0.0881. The number of methoxy groups -OCH3 is 1. The molecule has 2 atom stereocenters. The fraction of sp³-hybridized carbons (Fsp3) is 0.385. The average molecular weight is 424 g/mol. The van der Waals surface area contributed by atoms with E-state index in [2.05, 4.69) is 92.9 Å². The van der Waals surface area contributed by atoms with Crippen molar-refractivity contribution < 1.29 is 9.47 Å². The molecule has 0 aromatic heterocycles. The highest BCUT2D eigenvalue weighted by Crippen LogP contribution is 2.28. The highest BCUT2D eigenvalue weighted by molar-refractivity contribution is 7.55. The van der Waals surface area contributed by atoms with Crippen LogP contribution in [0.3, 0.4) is 0 Å². The summed E-state index contributed by atoms with van der Waals surface area (Å²) in [5, 5.41) is 6.21. The maximum atomic E-state index is 6.11. The molecule has 1 aliphatic rings. The highest BCUT2D eigenvalue weighted by atomic mass is 31.1. The minimum Gasteiger partial charge on any atom is -0.467 e. The number of hydrogen-bond acceptors (Lipinski definition) is 3. The predicted octanol–water partition coefficient (Wildman–Crippen LogP) is 4.86. The van der Waals surface area contributed by atoms with Crippen LogP contribution in [0.15, 0.2) is 66.8 Å². The molecular weight excluding hydrogens is 389 g/mol. The molecule has 0 amide bonds. The fourth-order valence-corrected chi connectivity index (χ4v) is 4.83. The normalized spacial score (nSPS) is 16.5. The van der Waals surface area contributed by atoms with Crippen LogP contribution in [0.5, 0.6) is 5.75 Å². The van der Waals surface area contributed by atoms with Gasteiger partial charge < -0.3 is 14.8 Å². The van der Waals surface area contributed by atoms with E-state index in [1.807, 2.05) is 0 Å². The van der Waals surface area contributed by atoms with Crippen molar-refractivity contribution in [2.24, 2.45) is 5.92 Å². The average Bonchev–Trinajstić information content (AvgIpc) is 2.73. The van der Waals surface area contributed by atoms with Gasteiger partial charge in [-0.1, -0.05) is 75.3 Å². The summed E-state index contributed by atoms with van der Waals surface area (Å²) in [6.45, 7) is 7.73. The molecule has 160 valence electrons. The molecule has 2 unspecified atom stereocenters. The molecule has 0 bridgehead atoms. The maximum absolute atomic E-state index is 6.11. The SMILES string of the molecule is COCOc1c(CC2C=CC=CC2)cccc1Pc1ccccc1CNC(C)(C)C. The van der Waals surface area contributed by atoms with Crippen LogP contribution < -0.4 is 20.7 Å². The van der Waals surface area contributed by atoms with Gasteiger partial charge in [-0.25, -0.2) is 0 Å². The Hall–Kier alpha value is -1.93. The smallest absolute Gasteiger partial charge is 0.188 e. The molecule has 2 aromatic carbocycles. The van der Waals surface area contributed by atoms with E-state index in [-0.39, 0.29) is 12.3 Å². The fourth-order valence-electron chi connectivity index (χ4n) is 3.50. The minimum atomic E-state index is 0.0881. The van der Waals surface area contributed by atoms with Crippen LogP contribution in [-0.2, 0) is 17.7 Å². The molecule has 0 radical (unpaired) electrons. The van der Waals surface area contributed by atoms with Crippen LogP contribution in [-0.4, -0.2) is 19.4 Å². The lowest BCUT2D eigenvalue weighted by Crippen LogP contribution is -2.36. The van der Waals surface area contributed by atoms with Crippen molar-refractivity contribution in [3.63, 3.8) is 0 Å². The molecule has 0 aliphatic heterocycles. The second-order valence-electron chi connectivity index (χ2n) is 8.74. The summed E-state index contributed by atoms with van der Waals surface area (Å²) in [6, 6.07) is 15.3. The molecular formula is C26H34NO2P. The molecule has 1 aliphatic carbocycles. The molecule has 0 saturated heterocycles. The van der Waals surface area contributed by atoms with Gasteiger partial charge in [0.05, 0.1) is 0 Å². The van der Waals surface area contributed by atoms with E-state index in [9.17, 15) is 0 Å². The van der Waals surface area contributed by atoms with E-state index < -0.39 is 0 Å². The van der Waals surface area contributed by atoms with Crippen LogP contribution >= 0.6 is 8.58 Å². The van der Waals surface area contributed by atoms with Crippen LogP contribution in [0.4, 0.5) is 0 Å². The number of ether oxygens (including phenoxy) is 2. The summed E-state index contributed by atoms with van der Waals surface area (Å²) in [5.74, 6) is 1.50. The molecule has 0 heterocycles. The Balaban J connectivity index is 1.85. The first-order valence-electron chi connectivity index (χ1n) is 10.6. The van der Waals surface area contributed by atoms with Crippen molar-refractivity contribution in [3.8, 4) is 5.75 Å². The Labute approximate surface area is 183 Å². The van der Waals surface area contributed by atoms with E-state index in [1.54, 1.807) is 7.11 Å². The zero-order valence-corrected chi connectivity index (χ0v) is 19.6. The van der Waals surface area contributed by atoms with E-state index in [4.69, 9.17) is 9.47 Å². The lowest BCUT2D eigenvalue weighted by molar-refractivity contribution is 0.0511. The van der Waals surface area contributed by atoms with Crippen molar-refractivity contribution in [2.45, 2.75) is 45.7 Å². The van der Waals surface area contributed by atoms with Crippen LogP contribution in [0.1, 0.15) is 38.3 Å². The highest BCUT2D eigenvalue weighted by Gasteiger charge is 2.16. The molecule has 4 heteroatoms. The summed E-state index contributed by atoms with van der Waals surface area (Å²) in [4.78, 5) is 0. The van der Waals surface area contributed by atoms with E-state index >= 15 is 0 Å². The molecule has 3 rings (SSSR count). The molecule has 2 aromatic rings. The summed E-state index contributed by atoms with van der Waals surface area (Å²) < 4.78 is 11.4. The van der Waals surface area contributed by atoms with Gasteiger partial charge in [-0.3, -0.25) is 0 Å². The molecule has 0 fully saturated rings. The van der Waals surface area contributed by atoms with Crippen LogP contribution in [0.25, 0.3) is 0 Å². The number of allylic oxidation sites excluding steroid dienone is 4. The first-order chi connectivity index (χ1) is 14.5. The molecule has 1 N–H and O–H groups in total. The van der Waals surface area contributed by atoms with Gasteiger partial charge in [-0.15, -0.1) is 0 Å². The second kappa shape index (κ2) is 10.9. The summed E-state index contributed by atoms with van der Waals surface area (Å²) in [7, 11) is 2.21. The zero-order valence-electron chi connectivity index (χ0n) is 18.6.